The van der Waals surface area contributed by atoms with Gasteiger partial charge in [0.15, 0.2) is 0 Å². The van der Waals surface area contributed by atoms with Gasteiger partial charge in [-0.05, 0) is 36.0 Å². The number of pyridine rings is 1. The molecule has 0 amide bonds. The summed E-state index contributed by atoms with van der Waals surface area (Å²) in [5.41, 5.74) is 0.908. The molecule has 1 heterocycles. The van der Waals surface area contributed by atoms with Crippen LogP contribution in [0.2, 0.25) is 0 Å². The first-order valence-electron chi connectivity index (χ1n) is 7.95. The second-order valence-electron chi connectivity index (χ2n) is 6.02. The quantitative estimate of drug-likeness (QED) is 0.820. The van der Waals surface area contributed by atoms with E-state index in [9.17, 15) is 13.2 Å². The number of nitrogens with one attached hydrogen (secondary N) is 1. The van der Waals surface area contributed by atoms with Crippen molar-refractivity contribution in [2.24, 2.45) is 5.92 Å². The highest BCUT2D eigenvalue weighted by Gasteiger charge is 2.40. The molecule has 0 spiro atoms. The van der Waals surface area contributed by atoms with Gasteiger partial charge in [-0.3, -0.25) is 5.32 Å². The fourth-order valence-electron chi connectivity index (χ4n) is 2.42. The van der Waals surface area contributed by atoms with Crippen LogP contribution in [-0.4, -0.2) is 17.8 Å². The minimum absolute atomic E-state index is 0.0847. The fraction of sp³-hybridized carbons (Fsp3) is 0.389. The molecule has 1 atom stereocenters. The van der Waals surface area contributed by atoms with Crippen LogP contribution in [0, 0.1) is 5.92 Å². The maximum absolute atomic E-state index is 13.3. The van der Waals surface area contributed by atoms with Crippen molar-refractivity contribution in [1.29, 1.82) is 0 Å². The monoisotopic (exact) mass is 336 g/mol. The molecule has 1 fully saturated rings. The molecule has 128 valence electrons. The lowest BCUT2D eigenvalue weighted by Gasteiger charge is -2.22. The first kappa shape index (κ1) is 16.8. The highest BCUT2D eigenvalue weighted by Crippen LogP contribution is 2.33. The van der Waals surface area contributed by atoms with E-state index in [2.05, 4.69) is 10.3 Å². The van der Waals surface area contributed by atoms with Gasteiger partial charge >= 0.3 is 6.18 Å². The summed E-state index contributed by atoms with van der Waals surface area (Å²) in [6, 6.07) is 9.52. The predicted octanol–water partition coefficient (Wildman–Crippen LogP) is 4.26. The first-order chi connectivity index (χ1) is 11.5. The summed E-state index contributed by atoms with van der Waals surface area (Å²) in [6.07, 6.45) is -0.457. The van der Waals surface area contributed by atoms with Gasteiger partial charge in [-0.25, -0.2) is 4.98 Å². The molecule has 1 saturated carbocycles. The fourth-order valence-corrected chi connectivity index (χ4v) is 2.42. The lowest BCUT2D eigenvalue weighted by Crippen LogP contribution is -2.33. The Morgan fingerprint density at radius 1 is 1.17 bits per heavy atom. The highest BCUT2D eigenvalue weighted by atomic mass is 19.4. The number of halogens is 3. The van der Waals surface area contributed by atoms with Crippen molar-refractivity contribution in [3.63, 3.8) is 0 Å². The van der Waals surface area contributed by atoms with Crippen molar-refractivity contribution in [1.82, 2.24) is 10.3 Å². The SMILES string of the molecule is FC(F)(F)[C@H](NCc1ccnc(OCC2CC2)c1)c1ccccc1. The molecule has 0 aliphatic heterocycles. The van der Waals surface area contributed by atoms with Crippen molar-refractivity contribution in [2.75, 3.05) is 6.61 Å². The Balaban J connectivity index is 1.64. The van der Waals surface area contributed by atoms with E-state index in [0.717, 1.165) is 0 Å². The maximum atomic E-state index is 13.3. The van der Waals surface area contributed by atoms with Crippen LogP contribution in [0.15, 0.2) is 48.7 Å². The molecule has 1 aromatic carbocycles. The van der Waals surface area contributed by atoms with E-state index in [0.29, 0.717) is 24.0 Å². The van der Waals surface area contributed by atoms with Crippen LogP contribution in [-0.2, 0) is 6.54 Å². The molecule has 0 bridgehead atoms. The molecule has 1 N–H and O–H groups in total. The van der Waals surface area contributed by atoms with Gasteiger partial charge < -0.3 is 4.74 Å². The molecular formula is C18H19F3N2O. The van der Waals surface area contributed by atoms with Gasteiger partial charge in [-0.2, -0.15) is 13.2 Å². The summed E-state index contributed by atoms with van der Waals surface area (Å²) < 4.78 is 45.5. The van der Waals surface area contributed by atoms with Crippen LogP contribution in [0.5, 0.6) is 5.88 Å². The van der Waals surface area contributed by atoms with E-state index in [1.807, 2.05) is 0 Å². The van der Waals surface area contributed by atoms with Crippen molar-refractivity contribution < 1.29 is 17.9 Å². The topological polar surface area (TPSA) is 34.2 Å². The lowest BCUT2D eigenvalue weighted by atomic mass is 10.1. The Bertz CT molecular complexity index is 657. The van der Waals surface area contributed by atoms with E-state index in [4.69, 9.17) is 4.74 Å². The molecule has 6 heteroatoms. The van der Waals surface area contributed by atoms with E-state index < -0.39 is 12.2 Å². The van der Waals surface area contributed by atoms with E-state index >= 15 is 0 Å². The Morgan fingerprint density at radius 2 is 1.92 bits per heavy atom. The molecular weight excluding hydrogens is 317 g/mol. The van der Waals surface area contributed by atoms with Crippen LogP contribution < -0.4 is 10.1 Å². The zero-order chi connectivity index (χ0) is 17.0. The average Bonchev–Trinajstić information content (AvgIpc) is 3.38. The molecule has 0 unspecified atom stereocenters. The van der Waals surface area contributed by atoms with E-state index in [1.54, 1.807) is 36.5 Å². The third-order valence-corrected chi connectivity index (χ3v) is 3.93. The van der Waals surface area contributed by atoms with Gasteiger partial charge in [0.05, 0.1) is 6.61 Å². The zero-order valence-corrected chi connectivity index (χ0v) is 13.1. The smallest absolute Gasteiger partial charge is 0.407 e. The minimum atomic E-state index is -4.36. The first-order valence-corrected chi connectivity index (χ1v) is 7.95. The third-order valence-electron chi connectivity index (χ3n) is 3.93. The Morgan fingerprint density at radius 3 is 2.58 bits per heavy atom. The Hall–Kier alpha value is -2.08. The summed E-state index contributed by atoms with van der Waals surface area (Å²) >= 11 is 0. The summed E-state index contributed by atoms with van der Waals surface area (Å²) in [5.74, 6) is 1.06. The molecule has 3 nitrogen and oxygen atoms in total. The van der Waals surface area contributed by atoms with E-state index in [1.165, 1.54) is 25.0 Å². The number of benzene rings is 1. The van der Waals surface area contributed by atoms with Crippen molar-refractivity contribution >= 4 is 0 Å². The average molecular weight is 336 g/mol. The van der Waals surface area contributed by atoms with Gasteiger partial charge in [0.25, 0.3) is 0 Å². The summed E-state index contributed by atoms with van der Waals surface area (Å²) in [5, 5.41) is 2.59. The number of aromatic nitrogens is 1. The predicted molar refractivity (Wildman–Crippen MR) is 84.5 cm³/mol. The molecule has 24 heavy (non-hydrogen) atoms. The second kappa shape index (κ2) is 7.21. The third kappa shape index (κ3) is 4.71. The highest BCUT2D eigenvalue weighted by molar-refractivity contribution is 5.23. The van der Waals surface area contributed by atoms with Gasteiger partial charge in [-0.1, -0.05) is 30.3 Å². The maximum Gasteiger partial charge on any atom is 0.407 e. The number of nitrogens with zero attached hydrogens (tertiary/aromatic N) is 1. The summed E-state index contributed by atoms with van der Waals surface area (Å²) in [4.78, 5) is 4.10. The Kier molecular flexibility index (Phi) is 5.04. The van der Waals surface area contributed by atoms with Crippen molar-refractivity contribution in [3.8, 4) is 5.88 Å². The van der Waals surface area contributed by atoms with Gasteiger partial charge in [0, 0.05) is 18.8 Å². The number of hydrogen-bond donors (Lipinski definition) is 1. The normalized spacial score (nSPS) is 16.0. The summed E-state index contributed by atoms with van der Waals surface area (Å²) in [7, 11) is 0. The summed E-state index contributed by atoms with van der Waals surface area (Å²) in [6.45, 7) is 0.709. The molecule has 0 saturated heterocycles. The molecule has 2 aromatic rings. The number of ether oxygens (including phenoxy) is 1. The van der Waals surface area contributed by atoms with Gasteiger partial charge in [0.2, 0.25) is 5.88 Å². The number of hydrogen-bond acceptors (Lipinski definition) is 3. The molecule has 3 rings (SSSR count). The minimum Gasteiger partial charge on any atom is -0.477 e. The zero-order valence-electron chi connectivity index (χ0n) is 13.1. The molecule has 1 aromatic heterocycles. The largest absolute Gasteiger partial charge is 0.477 e. The molecule has 1 aliphatic rings. The number of alkyl halides is 3. The van der Waals surface area contributed by atoms with Crippen LogP contribution >= 0.6 is 0 Å². The van der Waals surface area contributed by atoms with Gasteiger partial charge in [0.1, 0.15) is 6.04 Å². The van der Waals surface area contributed by atoms with Crippen LogP contribution in [0.4, 0.5) is 13.2 Å². The van der Waals surface area contributed by atoms with Crippen LogP contribution in [0.1, 0.15) is 30.0 Å². The van der Waals surface area contributed by atoms with Crippen molar-refractivity contribution in [3.05, 3.63) is 59.8 Å². The lowest BCUT2D eigenvalue weighted by molar-refractivity contribution is -0.158. The van der Waals surface area contributed by atoms with Crippen LogP contribution in [0.25, 0.3) is 0 Å². The van der Waals surface area contributed by atoms with Crippen LogP contribution in [0.3, 0.4) is 0 Å². The number of rotatable bonds is 7. The molecule has 0 radical (unpaired) electrons. The van der Waals surface area contributed by atoms with Gasteiger partial charge in [-0.15, -0.1) is 0 Å². The Labute approximate surface area is 138 Å². The standard InChI is InChI=1S/C18H19F3N2O/c19-18(20,21)17(15-4-2-1-3-5-15)23-11-14-8-9-22-16(10-14)24-12-13-6-7-13/h1-5,8-10,13,17,23H,6-7,11-12H2/t17-/m1/s1. The van der Waals surface area contributed by atoms with E-state index in [-0.39, 0.29) is 12.1 Å². The molecule has 1 aliphatic carbocycles. The van der Waals surface area contributed by atoms with Crippen molar-refractivity contribution in [2.45, 2.75) is 31.6 Å². The second-order valence-corrected chi connectivity index (χ2v) is 6.02.